The standard InChI is InChI=1S/C18H19N3O4/c22-15(17(24)20-9-12-4-3-7-19-8-12)16(23)18(25)21-10-13-5-1-2-6-14(13)11-21/h1-8,15-16,22-23H,9-11H2,(H,20,24)/t15-,16-/m1/s1. The molecule has 2 atom stereocenters. The molecule has 2 aromatic rings. The van der Waals surface area contributed by atoms with Crippen molar-refractivity contribution in [2.75, 3.05) is 0 Å². The first kappa shape index (κ1) is 17.1. The number of nitrogens with zero attached hydrogens (tertiary/aromatic N) is 2. The SMILES string of the molecule is O=C(NCc1cccnc1)[C@H](O)[C@@H](O)C(=O)N1Cc2ccccc2C1. The summed E-state index contributed by atoms with van der Waals surface area (Å²) in [6, 6.07) is 11.1. The van der Waals surface area contributed by atoms with Crippen molar-refractivity contribution in [3.63, 3.8) is 0 Å². The molecule has 0 bridgehead atoms. The molecule has 1 aliphatic rings. The summed E-state index contributed by atoms with van der Waals surface area (Å²) >= 11 is 0. The van der Waals surface area contributed by atoms with Crippen molar-refractivity contribution in [2.45, 2.75) is 31.8 Å². The zero-order valence-electron chi connectivity index (χ0n) is 13.5. The molecule has 130 valence electrons. The second kappa shape index (κ2) is 7.42. The third kappa shape index (κ3) is 3.84. The van der Waals surface area contributed by atoms with Crippen LogP contribution in [0.2, 0.25) is 0 Å². The summed E-state index contributed by atoms with van der Waals surface area (Å²) in [4.78, 5) is 29.7. The molecular formula is C18H19N3O4. The topological polar surface area (TPSA) is 103 Å². The van der Waals surface area contributed by atoms with Crippen LogP contribution in [0.25, 0.3) is 0 Å². The number of hydrogen-bond donors (Lipinski definition) is 3. The third-order valence-corrected chi connectivity index (χ3v) is 4.16. The van der Waals surface area contributed by atoms with E-state index in [1.54, 1.807) is 24.5 Å². The Labute approximate surface area is 144 Å². The number of carbonyl (C=O) groups excluding carboxylic acids is 2. The van der Waals surface area contributed by atoms with Crippen LogP contribution in [-0.2, 0) is 29.2 Å². The van der Waals surface area contributed by atoms with Gasteiger partial charge >= 0.3 is 0 Å². The Hall–Kier alpha value is -2.77. The monoisotopic (exact) mass is 341 g/mol. The van der Waals surface area contributed by atoms with E-state index in [-0.39, 0.29) is 6.54 Å². The fourth-order valence-electron chi connectivity index (χ4n) is 2.75. The van der Waals surface area contributed by atoms with Crippen molar-refractivity contribution in [3.05, 3.63) is 65.5 Å². The van der Waals surface area contributed by atoms with Crippen LogP contribution in [0.4, 0.5) is 0 Å². The Morgan fingerprint density at radius 1 is 1.08 bits per heavy atom. The van der Waals surface area contributed by atoms with E-state index in [2.05, 4.69) is 10.3 Å². The van der Waals surface area contributed by atoms with Crippen molar-refractivity contribution in [1.82, 2.24) is 15.2 Å². The molecule has 7 nitrogen and oxygen atoms in total. The van der Waals surface area contributed by atoms with Crippen molar-refractivity contribution in [1.29, 1.82) is 0 Å². The summed E-state index contributed by atoms with van der Waals surface area (Å²) in [5, 5.41) is 22.5. The zero-order chi connectivity index (χ0) is 17.8. The van der Waals surface area contributed by atoms with E-state index in [0.717, 1.165) is 16.7 Å². The first-order chi connectivity index (χ1) is 12.1. The minimum Gasteiger partial charge on any atom is -0.380 e. The Bertz CT molecular complexity index is 741. The van der Waals surface area contributed by atoms with Crippen molar-refractivity contribution in [3.8, 4) is 0 Å². The van der Waals surface area contributed by atoms with Gasteiger partial charge in [0.2, 0.25) is 0 Å². The van der Waals surface area contributed by atoms with Crippen LogP contribution in [-0.4, -0.2) is 44.1 Å². The Morgan fingerprint density at radius 2 is 1.76 bits per heavy atom. The molecule has 7 heteroatoms. The Morgan fingerprint density at radius 3 is 2.36 bits per heavy atom. The number of pyridine rings is 1. The molecule has 0 spiro atoms. The van der Waals surface area contributed by atoms with Crippen molar-refractivity contribution < 1.29 is 19.8 Å². The molecule has 1 aliphatic heterocycles. The van der Waals surface area contributed by atoms with E-state index in [1.165, 1.54) is 4.90 Å². The molecule has 0 unspecified atom stereocenters. The number of amides is 2. The minimum absolute atomic E-state index is 0.153. The molecule has 2 amide bonds. The van der Waals surface area contributed by atoms with Crippen LogP contribution in [0.15, 0.2) is 48.8 Å². The molecule has 3 rings (SSSR count). The van der Waals surface area contributed by atoms with Gasteiger partial charge < -0.3 is 20.4 Å². The number of aliphatic hydroxyl groups is 2. The Kier molecular flexibility index (Phi) is 5.06. The fourth-order valence-corrected chi connectivity index (χ4v) is 2.75. The fraction of sp³-hybridized carbons (Fsp3) is 0.278. The lowest BCUT2D eigenvalue weighted by Crippen LogP contribution is -2.49. The average molecular weight is 341 g/mol. The molecule has 0 saturated heterocycles. The average Bonchev–Trinajstić information content (AvgIpc) is 3.09. The molecule has 25 heavy (non-hydrogen) atoms. The number of hydrogen-bond acceptors (Lipinski definition) is 5. The maximum Gasteiger partial charge on any atom is 0.255 e. The molecule has 1 aromatic carbocycles. The molecule has 0 radical (unpaired) electrons. The van der Waals surface area contributed by atoms with Gasteiger partial charge in [-0.2, -0.15) is 0 Å². The van der Waals surface area contributed by atoms with E-state index in [1.807, 2.05) is 24.3 Å². The summed E-state index contributed by atoms with van der Waals surface area (Å²) < 4.78 is 0. The highest BCUT2D eigenvalue weighted by Gasteiger charge is 2.35. The van der Waals surface area contributed by atoms with Crippen LogP contribution in [0, 0.1) is 0 Å². The highest BCUT2D eigenvalue weighted by Crippen LogP contribution is 2.23. The molecule has 3 N–H and O–H groups in total. The third-order valence-electron chi connectivity index (χ3n) is 4.16. The molecule has 0 fully saturated rings. The summed E-state index contributed by atoms with van der Waals surface area (Å²) in [7, 11) is 0. The lowest BCUT2D eigenvalue weighted by Gasteiger charge is -2.22. The maximum atomic E-state index is 12.4. The largest absolute Gasteiger partial charge is 0.380 e. The van der Waals surface area contributed by atoms with E-state index in [0.29, 0.717) is 13.1 Å². The first-order valence-electron chi connectivity index (χ1n) is 7.94. The Balaban J connectivity index is 1.55. The second-order valence-corrected chi connectivity index (χ2v) is 5.93. The van der Waals surface area contributed by atoms with Gasteiger partial charge in [-0.1, -0.05) is 30.3 Å². The first-order valence-corrected chi connectivity index (χ1v) is 7.94. The number of aromatic nitrogens is 1. The van der Waals surface area contributed by atoms with Gasteiger partial charge in [0.25, 0.3) is 11.8 Å². The van der Waals surface area contributed by atoms with Gasteiger partial charge in [0.15, 0.2) is 12.2 Å². The van der Waals surface area contributed by atoms with Gasteiger partial charge in [-0.05, 0) is 22.8 Å². The van der Waals surface area contributed by atoms with Gasteiger partial charge in [-0.3, -0.25) is 14.6 Å². The minimum atomic E-state index is -1.83. The van der Waals surface area contributed by atoms with Gasteiger partial charge in [0.05, 0.1) is 0 Å². The highest BCUT2D eigenvalue weighted by molar-refractivity contribution is 5.90. The number of aliphatic hydroxyl groups excluding tert-OH is 2. The van der Waals surface area contributed by atoms with Crippen LogP contribution in [0.3, 0.4) is 0 Å². The van der Waals surface area contributed by atoms with Gasteiger partial charge in [0.1, 0.15) is 0 Å². The smallest absolute Gasteiger partial charge is 0.255 e. The molecule has 1 aromatic heterocycles. The van der Waals surface area contributed by atoms with Crippen molar-refractivity contribution >= 4 is 11.8 Å². The van der Waals surface area contributed by atoms with E-state index >= 15 is 0 Å². The predicted octanol–water partition coefficient (Wildman–Crippen LogP) is -0.0380. The second-order valence-electron chi connectivity index (χ2n) is 5.93. The normalized spacial score (nSPS) is 15.4. The lowest BCUT2D eigenvalue weighted by atomic mass is 10.1. The number of fused-ring (bicyclic) bond motifs is 1. The zero-order valence-corrected chi connectivity index (χ0v) is 13.5. The van der Waals surface area contributed by atoms with Gasteiger partial charge in [-0.25, -0.2) is 0 Å². The predicted molar refractivity (Wildman–Crippen MR) is 88.8 cm³/mol. The van der Waals surface area contributed by atoms with Crippen LogP contribution < -0.4 is 5.32 Å². The number of nitrogens with one attached hydrogen (secondary N) is 1. The summed E-state index contributed by atoms with van der Waals surface area (Å²) in [5.74, 6) is -1.47. The maximum absolute atomic E-state index is 12.4. The van der Waals surface area contributed by atoms with Gasteiger partial charge in [-0.15, -0.1) is 0 Å². The number of benzene rings is 1. The molecule has 0 saturated carbocycles. The lowest BCUT2D eigenvalue weighted by molar-refractivity contribution is -0.153. The highest BCUT2D eigenvalue weighted by atomic mass is 16.3. The van der Waals surface area contributed by atoms with E-state index < -0.39 is 24.0 Å². The molecule has 0 aliphatic carbocycles. The van der Waals surface area contributed by atoms with Crippen LogP contribution in [0.1, 0.15) is 16.7 Å². The quantitative estimate of drug-likeness (QED) is 0.708. The number of carbonyl (C=O) groups is 2. The van der Waals surface area contributed by atoms with Crippen molar-refractivity contribution in [2.24, 2.45) is 0 Å². The summed E-state index contributed by atoms with van der Waals surface area (Å²) in [5.41, 5.74) is 2.75. The van der Waals surface area contributed by atoms with Crippen LogP contribution in [0.5, 0.6) is 0 Å². The summed E-state index contributed by atoms with van der Waals surface area (Å²) in [6.07, 6.45) is -0.442. The van der Waals surface area contributed by atoms with Gasteiger partial charge in [0, 0.05) is 32.0 Å². The molecular weight excluding hydrogens is 322 g/mol. The van der Waals surface area contributed by atoms with Crippen LogP contribution >= 0.6 is 0 Å². The van der Waals surface area contributed by atoms with E-state index in [9.17, 15) is 19.8 Å². The van der Waals surface area contributed by atoms with E-state index in [4.69, 9.17) is 0 Å². The summed E-state index contributed by atoms with van der Waals surface area (Å²) in [6.45, 7) is 0.867. The number of rotatable bonds is 5. The molecule has 2 heterocycles.